The highest BCUT2D eigenvalue weighted by atomic mass is 32.1. The second-order valence-electron chi connectivity index (χ2n) is 7.23. The molecule has 26 heavy (non-hydrogen) atoms. The van der Waals surface area contributed by atoms with E-state index in [-0.39, 0.29) is 11.7 Å². The summed E-state index contributed by atoms with van der Waals surface area (Å²) >= 11 is 1.73. The Morgan fingerprint density at radius 3 is 2.50 bits per heavy atom. The number of nitrogens with two attached hydrogens (primary N) is 1. The normalized spacial score (nSPS) is 15.2. The van der Waals surface area contributed by atoms with Gasteiger partial charge in [0, 0.05) is 16.3 Å². The predicted octanol–water partition coefficient (Wildman–Crippen LogP) is 3.62. The molecule has 0 unspecified atom stereocenters. The van der Waals surface area contributed by atoms with Crippen LogP contribution in [-0.4, -0.2) is 23.4 Å². The minimum atomic E-state index is -0.244. The van der Waals surface area contributed by atoms with Gasteiger partial charge in [-0.1, -0.05) is 18.6 Å². The molecule has 2 N–H and O–H groups in total. The lowest BCUT2D eigenvalue weighted by Crippen LogP contribution is -2.92. The third-order valence-electron chi connectivity index (χ3n) is 5.06. The van der Waals surface area contributed by atoms with Crippen LogP contribution in [0.1, 0.15) is 47.4 Å². The number of amides is 1. The van der Waals surface area contributed by atoms with Crippen molar-refractivity contribution in [1.29, 1.82) is 0 Å². The lowest BCUT2D eigenvalue weighted by atomic mass is 9.95. The Hall–Kier alpha value is -1.72. The van der Waals surface area contributed by atoms with Crippen molar-refractivity contribution in [2.75, 3.05) is 6.54 Å². The van der Waals surface area contributed by atoms with Gasteiger partial charge in [-0.05, 0) is 62.4 Å². The van der Waals surface area contributed by atoms with Gasteiger partial charge in [0.25, 0.3) is 5.91 Å². The van der Waals surface area contributed by atoms with Crippen molar-refractivity contribution in [3.63, 3.8) is 0 Å². The maximum atomic E-state index is 13.2. The van der Waals surface area contributed by atoms with Gasteiger partial charge in [-0.25, -0.2) is 4.39 Å². The molecule has 0 saturated heterocycles. The molecule has 5 heteroatoms. The zero-order valence-electron chi connectivity index (χ0n) is 15.4. The topological polar surface area (TPSA) is 36.9 Å². The van der Waals surface area contributed by atoms with E-state index in [0.29, 0.717) is 25.7 Å². The minimum Gasteiger partial charge on any atom is -0.336 e. The molecule has 1 heterocycles. The zero-order valence-corrected chi connectivity index (χ0v) is 16.2. The zero-order chi connectivity index (χ0) is 18.4. The molecule has 1 saturated carbocycles. The summed E-state index contributed by atoms with van der Waals surface area (Å²) in [5, 5.41) is 2.22. The Kier molecular flexibility index (Phi) is 6.80. The number of hydrogen-bond donors (Lipinski definition) is 1. The highest BCUT2D eigenvalue weighted by Crippen LogP contribution is 2.19. The maximum absolute atomic E-state index is 13.2. The standard InChI is InChI=1S/C21H27FN2OS/c1-16-7-12-20(26-16)15-24(14-17-8-10-18(22)11-9-17)21(25)13-23-19-5-3-2-4-6-19/h7-12,19,23H,2-6,13-15H2,1H3/p+1. The number of aryl methyl sites for hydroxylation is 1. The van der Waals surface area contributed by atoms with E-state index in [2.05, 4.69) is 24.4 Å². The third-order valence-corrected chi connectivity index (χ3v) is 6.04. The number of quaternary nitrogens is 1. The summed E-state index contributed by atoms with van der Waals surface area (Å²) in [6.07, 6.45) is 6.32. The smallest absolute Gasteiger partial charge is 0.278 e. The van der Waals surface area contributed by atoms with Crippen molar-refractivity contribution < 1.29 is 14.5 Å². The molecular formula is C21H28FN2OS+. The summed E-state index contributed by atoms with van der Waals surface area (Å²) in [6, 6.07) is 11.2. The number of rotatable bonds is 7. The average Bonchev–Trinajstić information content (AvgIpc) is 3.06. The van der Waals surface area contributed by atoms with Gasteiger partial charge in [-0.2, -0.15) is 0 Å². The predicted molar refractivity (Wildman–Crippen MR) is 103 cm³/mol. The Morgan fingerprint density at radius 1 is 1.12 bits per heavy atom. The van der Waals surface area contributed by atoms with Gasteiger partial charge >= 0.3 is 0 Å². The minimum absolute atomic E-state index is 0.158. The lowest BCUT2D eigenvalue weighted by Gasteiger charge is -2.24. The molecule has 3 rings (SSSR count). The maximum Gasteiger partial charge on any atom is 0.278 e. The van der Waals surface area contributed by atoms with Crippen molar-refractivity contribution in [3.8, 4) is 0 Å². The summed E-state index contributed by atoms with van der Waals surface area (Å²) < 4.78 is 13.2. The van der Waals surface area contributed by atoms with Gasteiger partial charge in [-0.15, -0.1) is 11.3 Å². The number of benzene rings is 1. The van der Waals surface area contributed by atoms with Crippen LogP contribution >= 0.6 is 11.3 Å². The summed E-state index contributed by atoms with van der Waals surface area (Å²) in [4.78, 5) is 17.2. The number of nitrogens with zero attached hydrogens (tertiary/aromatic N) is 1. The van der Waals surface area contributed by atoms with Crippen LogP contribution in [0.15, 0.2) is 36.4 Å². The van der Waals surface area contributed by atoms with E-state index in [1.54, 1.807) is 23.5 Å². The second kappa shape index (κ2) is 9.28. The highest BCUT2D eigenvalue weighted by molar-refractivity contribution is 7.11. The molecule has 1 fully saturated rings. The van der Waals surface area contributed by atoms with Gasteiger partial charge in [0.2, 0.25) is 0 Å². The molecule has 1 amide bonds. The molecule has 0 bridgehead atoms. The van der Waals surface area contributed by atoms with Crippen molar-refractivity contribution >= 4 is 17.2 Å². The number of carbonyl (C=O) groups excluding carboxylic acids is 1. The molecule has 0 aliphatic heterocycles. The number of hydrogen-bond acceptors (Lipinski definition) is 2. The quantitative estimate of drug-likeness (QED) is 0.788. The third kappa shape index (κ3) is 5.64. The Bertz CT molecular complexity index is 707. The first-order chi connectivity index (χ1) is 12.6. The number of carbonyl (C=O) groups is 1. The van der Waals surface area contributed by atoms with Crippen molar-refractivity contribution in [2.45, 2.75) is 58.2 Å². The molecule has 0 radical (unpaired) electrons. The molecule has 140 valence electrons. The largest absolute Gasteiger partial charge is 0.336 e. The lowest BCUT2D eigenvalue weighted by molar-refractivity contribution is -0.682. The van der Waals surface area contributed by atoms with Gasteiger partial charge in [0.05, 0.1) is 12.6 Å². The summed E-state index contributed by atoms with van der Waals surface area (Å²) in [5.74, 6) is -0.0860. The first kappa shape index (κ1) is 19.1. The Morgan fingerprint density at radius 2 is 1.85 bits per heavy atom. The van der Waals surface area contributed by atoms with Crippen LogP contribution in [0.5, 0.6) is 0 Å². The van der Waals surface area contributed by atoms with Crippen molar-refractivity contribution in [3.05, 3.63) is 57.5 Å². The van der Waals surface area contributed by atoms with E-state index in [0.717, 1.165) is 5.56 Å². The molecule has 0 atom stereocenters. The molecule has 3 nitrogen and oxygen atoms in total. The van der Waals surface area contributed by atoms with E-state index < -0.39 is 0 Å². The van der Waals surface area contributed by atoms with E-state index in [4.69, 9.17) is 0 Å². The number of halogens is 1. The van der Waals surface area contributed by atoms with Gasteiger partial charge in [-0.3, -0.25) is 4.79 Å². The molecule has 2 aromatic rings. The fraction of sp³-hybridized carbons (Fsp3) is 0.476. The summed E-state index contributed by atoms with van der Waals surface area (Å²) in [6.45, 7) is 3.72. The van der Waals surface area contributed by atoms with E-state index in [1.165, 1.54) is 54.0 Å². The monoisotopic (exact) mass is 375 g/mol. The van der Waals surface area contributed by atoms with Crippen LogP contribution in [0.4, 0.5) is 4.39 Å². The second-order valence-corrected chi connectivity index (χ2v) is 8.60. The van der Waals surface area contributed by atoms with Crippen molar-refractivity contribution in [2.24, 2.45) is 0 Å². The van der Waals surface area contributed by atoms with E-state index in [1.807, 2.05) is 4.90 Å². The van der Waals surface area contributed by atoms with Crippen LogP contribution in [0.2, 0.25) is 0 Å². The van der Waals surface area contributed by atoms with Crippen LogP contribution in [0.25, 0.3) is 0 Å². The van der Waals surface area contributed by atoms with Crippen LogP contribution in [0.3, 0.4) is 0 Å². The van der Waals surface area contributed by atoms with E-state index >= 15 is 0 Å². The summed E-state index contributed by atoms with van der Waals surface area (Å²) in [5.41, 5.74) is 0.964. The van der Waals surface area contributed by atoms with Gasteiger partial charge in [0.15, 0.2) is 6.54 Å². The Labute approximate surface area is 159 Å². The van der Waals surface area contributed by atoms with E-state index in [9.17, 15) is 9.18 Å². The first-order valence-electron chi connectivity index (χ1n) is 9.51. The van der Waals surface area contributed by atoms with Gasteiger partial charge < -0.3 is 10.2 Å². The molecule has 1 aliphatic rings. The Balaban J connectivity index is 1.64. The van der Waals surface area contributed by atoms with Crippen molar-refractivity contribution in [1.82, 2.24) is 4.90 Å². The van der Waals surface area contributed by atoms with Crippen LogP contribution < -0.4 is 5.32 Å². The van der Waals surface area contributed by atoms with Crippen LogP contribution in [-0.2, 0) is 17.9 Å². The molecule has 0 spiro atoms. The molecule has 1 aromatic carbocycles. The van der Waals surface area contributed by atoms with Crippen LogP contribution in [0, 0.1) is 12.7 Å². The first-order valence-corrected chi connectivity index (χ1v) is 10.3. The summed E-state index contributed by atoms with van der Waals surface area (Å²) in [7, 11) is 0. The highest BCUT2D eigenvalue weighted by Gasteiger charge is 2.21. The molecule has 1 aliphatic carbocycles. The number of thiophene rings is 1. The SMILES string of the molecule is Cc1ccc(CN(Cc2ccc(F)cc2)C(=O)C[NH2+]C2CCCCC2)s1. The average molecular weight is 376 g/mol. The molecular weight excluding hydrogens is 347 g/mol. The van der Waals surface area contributed by atoms with Gasteiger partial charge in [0.1, 0.15) is 5.82 Å². The fourth-order valence-electron chi connectivity index (χ4n) is 3.57. The fourth-order valence-corrected chi connectivity index (χ4v) is 4.47. The molecule has 1 aromatic heterocycles.